The van der Waals surface area contributed by atoms with Gasteiger partial charge in [-0.05, 0) is 19.1 Å². The van der Waals surface area contributed by atoms with Crippen molar-refractivity contribution in [3.63, 3.8) is 0 Å². The molecule has 2 heterocycles. The largest absolute Gasteiger partial charge is 0.255 e. The van der Waals surface area contributed by atoms with Crippen LogP contribution >= 0.6 is 0 Å². The van der Waals surface area contributed by atoms with Crippen LogP contribution in [-0.2, 0) is 0 Å². The number of hydrogen-bond acceptors (Lipinski definition) is 4. The van der Waals surface area contributed by atoms with E-state index < -0.39 is 0 Å². The molecule has 0 radical (unpaired) electrons. The van der Waals surface area contributed by atoms with E-state index in [1.165, 1.54) is 0 Å². The minimum Gasteiger partial charge on any atom is -0.255 e. The van der Waals surface area contributed by atoms with E-state index >= 15 is 0 Å². The van der Waals surface area contributed by atoms with E-state index in [4.69, 9.17) is 0 Å². The molecule has 4 aromatic rings. The summed E-state index contributed by atoms with van der Waals surface area (Å²) in [7, 11) is 0. The van der Waals surface area contributed by atoms with E-state index in [0.717, 1.165) is 22.4 Å². The molecule has 0 atom stereocenters. The molecular formula is C21H16N4. The molecule has 0 aliphatic rings. The van der Waals surface area contributed by atoms with Gasteiger partial charge in [-0.2, -0.15) is 0 Å². The molecule has 0 unspecified atom stereocenters. The van der Waals surface area contributed by atoms with Crippen LogP contribution in [0.3, 0.4) is 0 Å². The van der Waals surface area contributed by atoms with Gasteiger partial charge in [0.25, 0.3) is 0 Å². The average Bonchev–Trinajstić information content (AvgIpc) is 2.69. The van der Waals surface area contributed by atoms with Crippen molar-refractivity contribution in [3.8, 4) is 34.0 Å². The molecule has 4 heteroatoms. The fraction of sp³-hybridized carbons (Fsp3) is 0.0476. The van der Waals surface area contributed by atoms with Crippen molar-refractivity contribution in [2.24, 2.45) is 0 Å². The van der Waals surface area contributed by atoms with Crippen molar-refractivity contribution in [2.75, 3.05) is 0 Å². The van der Waals surface area contributed by atoms with Gasteiger partial charge < -0.3 is 0 Å². The monoisotopic (exact) mass is 324 g/mol. The summed E-state index contributed by atoms with van der Waals surface area (Å²) in [5.41, 5.74) is 3.87. The number of nitrogens with zero attached hydrogens (tertiary/aromatic N) is 4. The van der Waals surface area contributed by atoms with Crippen molar-refractivity contribution >= 4 is 0 Å². The van der Waals surface area contributed by atoms with Crippen LogP contribution < -0.4 is 0 Å². The third-order valence-electron chi connectivity index (χ3n) is 3.87. The summed E-state index contributed by atoms with van der Waals surface area (Å²) in [5, 5.41) is 0. The predicted octanol–water partition coefficient (Wildman–Crippen LogP) is 4.58. The number of benzene rings is 2. The lowest BCUT2D eigenvalue weighted by molar-refractivity contribution is 0.990. The Morgan fingerprint density at radius 3 is 1.76 bits per heavy atom. The standard InChI is InChI=1S/C21H16N4/c1-15-23-20(17-10-6-3-7-11-17)25-21(24-15)18-12-13-19(22-14-18)16-8-4-2-5-9-16/h2-14H,1H3. The maximum atomic E-state index is 4.61. The second kappa shape index (κ2) is 6.61. The van der Waals surface area contributed by atoms with Crippen molar-refractivity contribution in [1.29, 1.82) is 0 Å². The molecule has 0 fully saturated rings. The highest BCUT2D eigenvalue weighted by Crippen LogP contribution is 2.22. The number of rotatable bonds is 3. The number of aryl methyl sites for hydroxylation is 1. The Hall–Kier alpha value is -3.40. The van der Waals surface area contributed by atoms with Gasteiger partial charge in [0.1, 0.15) is 5.82 Å². The van der Waals surface area contributed by atoms with E-state index in [2.05, 4.69) is 19.9 Å². The van der Waals surface area contributed by atoms with Crippen LogP contribution in [0.4, 0.5) is 0 Å². The summed E-state index contributed by atoms with van der Waals surface area (Å²) in [6.07, 6.45) is 1.81. The van der Waals surface area contributed by atoms with Gasteiger partial charge in [-0.15, -0.1) is 0 Å². The van der Waals surface area contributed by atoms with Crippen LogP contribution in [0.5, 0.6) is 0 Å². The Labute approximate surface area is 146 Å². The molecule has 0 aliphatic heterocycles. The summed E-state index contributed by atoms with van der Waals surface area (Å²) in [5.74, 6) is 2.00. The third-order valence-corrected chi connectivity index (χ3v) is 3.87. The van der Waals surface area contributed by atoms with Crippen molar-refractivity contribution in [3.05, 3.63) is 84.8 Å². The van der Waals surface area contributed by atoms with Crippen LogP contribution in [-0.4, -0.2) is 19.9 Å². The second-order valence-corrected chi connectivity index (χ2v) is 5.69. The number of pyridine rings is 1. The van der Waals surface area contributed by atoms with Gasteiger partial charge in [0.2, 0.25) is 0 Å². The first-order chi connectivity index (χ1) is 12.3. The molecule has 0 N–H and O–H groups in total. The van der Waals surface area contributed by atoms with Crippen LogP contribution in [0.1, 0.15) is 5.82 Å². The van der Waals surface area contributed by atoms with Gasteiger partial charge >= 0.3 is 0 Å². The Bertz CT molecular complexity index is 981. The highest BCUT2D eigenvalue weighted by Gasteiger charge is 2.09. The molecule has 4 nitrogen and oxygen atoms in total. The molecule has 25 heavy (non-hydrogen) atoms. The highest BCUT2D eigenvalue weighted by molar-refractivity contribution is 5.64. The zero-order chi connectivity index (χ0) is 17.1. The zero-order valence-corrected chi connectivity index (χ0v) is 13.8. The van der Waals surface area contributed by atoms with Gasteiger partial charge in [0, 0.05) is 22.9 Å². The smallest absolute Gasteiger partial charge is 0.165 e. The lowest BCUT2D eigenvalue weighted by atomic mass is 10.1. The quantitative estimate of drug-likeness (QED) is 0.553. The average molecular weight is 324 g/mol. The highest BCUT2D eigenvalue weighted by atomic mass is 15.0. The Morgan fingerprint density at radius 1 is 0.560 bits per heavy atom. The van der Waals surface area contributed by atoms with E-state index in [1.54, 1.807) is 0 Å². The first-order valence-corrected chi connectivity index (χ1v) is 8.09. The zero-order valence-electron chi connectivity index (χ0n) is 13.8. The van der Waals surface area contributed by atoms with Gasteiger partial charge in [-0.25, -0.2) is 15.0 Å². The normalized spacial score (nSPS) is 10.6. The number of aromatic nitrogens is 4. The first kappa shape index (κ1) is 15.1. The fourth-order valence-corrected chi connectivity index (χ4v) is 2.63. The van der Waals surface area contributed by atoms with Gasteiger partial charge in [-0.3, -0.25) is 4.98 Å². The lowest BCUT2D eigenvalue weighted by Crippen LogP contribution is -1.99. The van der Waals surface area contributed by atoms with E-state index in [9.17, 15) is 0 Å². The molecule has 0 bridgehead atoms. The maximum absolute atomic E-state index is 4.61. The van der Waals surface area contributed by atoms with Gasteiger partial charge in [0.15, 0.2) is 11.6 Å². The van der Waals surface area contributed by atoms with E-state index in [1.807, 2.05) is 85.9 Å². The Kier molecular flexibility index (Phi) is 4.01. The van der Waals surface area contributed by atoms with Gasteiger partial charge in [-0.1, -0.05) is 60.7 Å². The molecule has 0 saturated heterocycles. The maximum Gasteiger partial charge on any atom is 0.165 e. The molecule has 0 amide bonds. The molecule has 0 aliphatic carbocycles. The van der Waals surface area contributed by atoms with E-state index in [-0.39, 0.29) is 0 Å². The summed E-state index contributed by atoms with van der Waals surface area (Å²) in [4.78, 5) is 18.1. The molecular weight excluding hydrogens is 308 g/mol. The van der Waals surface area contributed by atoms with Crippen molar-refractivity contribution < 1.29 is 0 Å². The van der Waals surface area contributed by atoms with E-state index in [0.29, 0.717) is 17.5 Å². The minimum atomic E-state index is 0.637. The molecule has 2 aromatic carbocycles. The lowest BCUT2D eigenvalue weighted by Gasteiger charge is -2.06. The summed E-state index contributed by atoms with van der Waals surface area (Å²) >= 11 is 0. The fourth-order valence-electron chi connectivity index (χ4n) is 2.63. The van der Waals surface area contributed by atoms with Crippen molar-refractivity contribution in [1.82, 2.24) is 19.9 Å². The Balaban J connectivity index is 1.71. The van der Waals surface area contributed by atoms with Gasteiger partial charge in [0.05, 0.1) is 5.69 Å². The summed E-state index contributed by atoms with van der Waals surface area (Å²) < 4.78 is 0. The first-order valence-electron chi connectivity index (χ1n) is 8.09. The molecule has 4 rings (SSSR count). The topological polar surface area (TPSA) is 51.6 Å². The van der Waals surface area contributed by atoms with Crippen LogP contribution in [0, 0.1) is 6.92 Å². The molecule has 2 aromatic heterocycles. The summed E-state index contributed by atoms with van der Waals surface area (Å²) in [6.45, 7) is 1.88. The molecule has 0 saturated carbocycles. The second-order valence-electron chi connectivity index (χ2n) is 5.69. The van der Waals surface area contributed by atoms with Crippen LogP contribution in [0.25, 0.3) is 34.0 Å². The van der Waals surface area contributed by atoms with Crippen LogP contribution in [0.2, 0.25) is 0 Å². The number of hydrogen-bond donors (Lipinski definition) is 0. The molecule has 120 valence electrons. The van der Waals surface area contributed by atoms with Crippen molar-refractivity contribution in [2.45, 2.75) is 6.92 Å². The minimum absolute atomic E-state index is 0.637. The SMILES string of the molecule is Cc1nc(-c2ccccc2)nc(-c2ccc(-c3ccccc3)nc2)n1. The Morgan fingerprint density at radius 2 is 1.16 bits per heavy atom. The third kappa shape index (κ3) is 3.28. The predicted molar refractivity (Wildman–Crippen MR) is 98.7 cm³/mol. The molecule has 0 spiro atoms. The summed E-state index contributed by atoms with van der Waals surface area (Å²) in [6, 6.07) is 24.0. The van der Waals surface area contributed by atoms with Crippen LogP contribution in [0.15, 0.2) is 79.0 Å².